The fourth-order valence-corrected chi connectivity index (χ4v) is 5.41. The summed E-state index contributed by atoms with van der Waals surface area (Å²) in [6.45, 7) is 7.85. The lowest BCUT2D eigenvalue weighted by atomic mass is 9.96. The number of nitrogens with zero attached hydrogens (tertiary/aromatic N) is 1. The summed E-state index contributed by atoms with van der Waals surface area (Å²) in [6, 6.07) is 22.2. The molecule has 4 rings (SSSR count). The van der Waals surface area contributed by atoms with E-state index in [0.29, 0.717) is 15.6 Å². The summed E-state index contributed by atoms with van der Waals surface area (Å²) in [4.78, 5) is 31.4. The maximum Gasteiger partial charge on any atom is 0.267 e. The monoisotopic (exact) mass is 482 g/mol. The molecule has 0 aliphatic heterocycles. The summed E-state index contributed by atoms with van der Waals surface area (Å²) >= 11 is 1.30. The molecule has 0 unspecified atom stereocenters. The number of amides is 1. The minimum atomic E-state index is -0.183. The molecule has 35 heavy (non-hydrogen) atoms. The Bertz CT molecular complexity index is 1350. The Kier molecular flexibility index (Phi) is 7.57. The number of rotatable bonds is 8. The van der Waals surface area contributed by atoms with Crippen molar-refractivity contribution in [3.8, 4) is 0 Å². The number of carbonyl (C=O) groups excluding carboxylic acids is 2. The van der Waals surface area contributed by atoms with Gasteiger partial charge in [0.2, 0.25) is 0 Å². The van der Waals surface area contributed by atoms with E-state index < -0.39 is 0 Å². The van der Waals surface area contributed by atoms with E-state index in [0.717, 1.165) is 46.3 Å². The number of carbonyl (C=O) groups is 2. The van der Waals surface area contributed by atoms with Gasteiger partial charge < -0.3 is 5.32 Å². The largest absolute Gasteiger partial charge is 0.321 e. The second-order valence-corrected chi connectivity index (χ2v) is 10.1. The van der Waals surface area contributed by atoms with Gasteiger partial charge in [-0.2, -0.15) is 0 Å². The molecule has 0 saturated carbocycles. The van der Waals surface area contributed by atoms with Gasteiger partial charge in [-0.25, -0.2) is 4.98 Å². The second kappa shape index (κ2) is 10.8. The fourth-order valence-electron chi connectivity index (χ4n) is 4.45. The van der Waals surface area contributed by atoms with E-state index in [1.165, 1.54) is 16.9 Å². The Morgan fingerprint density at radius 2 is 1.51 bits per heavy atom. The second-order valence-electron chi connectivity index (χ2n) is 8.99. The molecule has 5 heteroatoms. The van der Waals surface area contributed by atoms with Gasteiger partial charge in [-0.05, 0) is 62.8 Å². The van der Waals surface area contributed by atoms with Gasteiger partial charge in [0.1, 0.15) is 9.88 Å². The number of aromatic nitrogens is 1. The Morgan fingerprint density at radius 3 is 2.23 bits per heavy atom. The maximum absolute atomic E-state index is 13.2. The van der Waals surface area contributed by atoms with Crippen molar-refractivity contribution in [1.82, 2.24) is 4.98 Å². The highest BCUT2D eigenvalue weighted by molar-refractivity contribution is 7.14. The molecule has 1 aromatic heterocycles. The third-order valence-electron chi connectivity index (χ3n) is 6.12. The van der Waals surface area contributed by atoms with Crippen LogP contribution in [0.1, 0.15) is 58.5 Å². The van der Waals surface area contributed by atoms with Crippen LogP contribution in [0, 0.1) is 27.7 Å². The first-order valence-corrected chi connectivity index (χ1v) is 12.6. The third-order valence-corrected chi connectivity index (χ3v) is 7.27. The van der Waals surface area contributed by atoms with Crippen LogP contribution in [0.4, 0.5) is 5.69 Å². The standard InChI is InChI=1S/C30H30N2O2S/c1-19-16-20(2)28(21(3)17-19)32-30(34)29-22(4)31-27(35-29)18-26(33)25-13-9-8-12-24(25)15-14-23-10-6-5-7-11-23/h5-13,16-17H,14-15,18H2,1-4H3,(H,32,34). The average molecular weight is 483 g/mol. The number of hydrogen-bond donors (Lipinski definition) is 1. The zero-order chi connectivity index (χ0) is 24.9. The zero-order valence-corrected chi connectivity index (χ0v) is 21.5. The highest BCUT2D eigenvalue weighted by Gasteiger charge is 2.20. The summed E-state index contributed by atoms with van der Waals surface area (Å²) in [5, 5.41) is 3.71. The Hall–Kier alpha value is -3.57. The lowest BCUT2D eigenvalue weighted by molar-refractivity contribution is 0.0990. The molecule has 0 saturated heterocycles. The van der Waals surface area contributed by atoms with Crippen molar-refractivity contribution in [3.63, 3.8) is 0 Å². The summed E-state index contributed by atoms with van der Waals surface area (Å²) in [5.74, 6) is -0.156. The molecule has 3 aromatic carbocycles. The predicted octanol–water partition coefficient (Wildman–Crippen LogP) is 6.84. The molecule has 0 aliphatic carbocycles. The molecular weight excluding hydrogens is 452 g/mol. The minimum absolute atomic E-state index is 0.0274. The maximum atomic E-state index is 13.2. The van der Waals surface area contributed by atoms with Crippen molar-refractivity contribution >= 4 is 28.7 Å². The quantitative estimate of drug-likeness (QED) is 0.280. The number of thiazole rings is 1. The van der Waals surface area contributed by atoms with Gasteiger partial charge in [-0.15, -0.1) is 11.3 Å². The van der Waals surface area contributed by atoms with Crippen LogP contribution in [-0.4, -0.2) is 16.7 Å². The predicted molar refractivity (Wildman–Crippen MR) is 144 cm³/mol. The molecule has 0 aliphatic rings. The van der Waals surface area contributed by atoms with E-state index in [1.807, 2.05) is 70.2 Å². The van der Waals surface area contributed by atoms with Crippen molar-refractivity contribution < 1.29 is 9.59 Å². The fraction of sp³-hybridized carbons (Fsp3) is 0.233. The number of Topliss-reactive ketones (excluding diaryl/α,β-unsaturated/α-hetero) is 1. The molecule has 0 spiro atoms. The first kappa shape index (κ1) is 24.6. The van der Waals surface area contributed by atoms with Crippen LogP contribution in [0.15, 0.2) is 66.7 Å². The third kappa shape index (κ3) is 5.92. The molecule has 0 fully saturated rings. The van der Waals surface area contributed by atoms with Gasteiger partial charge >= 0.3 is 0 Å². The van der Waals surface area contributed by atoms with Crippen molar-refractivity contribution in [2.45, 2.75) is 47.0 Å². The van der Waals surface area contributed by atoms with Crippen molar-refractivity contribution in [2.24, 2.45) is 0 Å². The lowest BCUT2D eigenvalue weighted by Crippen LogP contribution is -2.13. The van der Waals surface area contributed by atoms with E-state index in [2.05, 4.69) is 34.6 Å². The van der Waals surface area contributed by atoms with Crippen molar-refractivity contribution in [3.05, 3.63) is 116 Å². The van der Waals surface area contributed by atoms with Crippen molar-refractivity contribution in [1.29, 1.82) is 0 Å². The van der Waals surface area contributed by atoms with Gasteiger partial charge in [0, 0.05) is 11.3 Å². The topological polar surface area (TPSA) is 59.1 Å². The Morgan fingerprint density at radius 1 is 0.857 bits per heavy atom. The van der Waals surface area contributed by atoms with Crippen LogP contribution >= 0.6 is 11.3 Å². The number of hydrogen-bond acceptors (Lipinski definition) is 4. The summed E-state index contributed by atoms with van der Waals surface area (Å²) in [6.07, 6.45) is 1.86. The molecule has 4 nitrogen and oxygen atoms in total. The number of ketones is 1. The van der Waals surface area contributed by atoms with E-state index in [-0.39, 0.29) is 18.1 Å². The number of benzene rings is 3. The minimum Gasteiger partial charge on any atom is -0.321 e. The average Bonchev–Trinajstić information content (AvgIpc) is 3.20. The SMILES string of the molecule is Cc1cc(C)c(NC(=O)c2sc(CC(=O)c3ccccc3CCc3ccccc3)nc2C)c(C)c1. The normalized spacial score (nSPS) is 10.9. The summed E-state index contributed by atoms with van der Waals surface area (Å²) in [7, 11) is 0. The van der Waals surface area contributed by atoms with Crippen LogP contribution in [0.2, 0.25) is 0 Å². The highest BCUT2D eigenvalue weighted by atomic mass is 32.1. The summed E-state index contributed by atoms with van der Waals surface area (Å²) < 4.78 is 0. The smallest absolute Gasteiger partial charge is 0.267 e. The number of anilines is 1. The Balaban J connectivity index is 1.48. The molecular formula is C30H30N2O2S. The molecule has 0 atom stereocenters. The van der Waals surface area contributed by atoms with Crippen LogP contribution in [0.5, 0.6) is 0 Å². The van der Waals surface area contributed by atoms with Gasteiger partial charge in [0.05, 0.1) is 12.1 Å². The molecule has 0 radical (unpaired) electrons. The van der Waals surface area contributed by atoms with Crippen molar-refractivity contribution in [2.75, 3.05) is 5.32 Å². The van der Waals surface area contributed by atoms with Gasteiger partial charge in [-0.3, -0.25) is 9.59 Å². The molecule has 1 amide bonds. The van der Waals surface area contributed by atoms with Gasteiger partial charge in [0.25, 0.3) is 5.91 Å². The Labute approximate surface area is 211 Å². The first-order valence-electron chi connectivity index (χ1n) is 11.8. The van der Waals surface area contributed by atoms with Crippen LogP contribution < -0.4 is 5.32 Å². The summed E-state index contributed by atoms with van der Waals surface area (Å²) in [5.41, 5.74) is 7.72. The molecule has 4 aromatic rings. The van der Waals surface area contributed by atoms with Gasteiger partial charge in [0.15, 0.2) is 5.78 Å². The molecule has 0 bridgehead atoms. The van der Waals surface area contributed by atoms with E-state index in [9.17, 15) is 9.59 Å². The highest BCUT2D eigenvalue weighted by Crippen LogP contribution is 2.26. The van der Waals surface area contributed by atoms with E-state index in [1.54, 1.807) is 0 Å². The molecule has 1 heterocycles. The lowest BCUT2D eigenvalue weighted by Gasteiger charge is -2.12. The van der Waals surface area contributed by atoms with Gasteiger partial charge in [-0.1, -0.05) is 72.3 Å². The zero-order valence-electron chi connectivity index (χ0n) is 20.6. The van der Waals surface area contributed by atoms with Crippen LogP contribution in [-0.2, 0) is 19.3 Å². The molecule has 1 N–H and O–H groups in total. The van der Waals surface area contributed by atoms with E-state index >= 15 is 0 Å². The number of nitrogens with one attached hydrogen (secondary N) is 1. The van der Waals surface area contributed by atoms with E-state index in [4.69, 9.17) is 0 Å². The first-order chi connectivity index (χ1) is 16.8. The van der Waals surface area contributed by atoms with Crippen LogP contribution in [0.25, 0.3) is 0 Å². The number of aryl methyl sites for hydroxylation is 6. The van der Waals surface area contributed by atoms with Crippen LogP contribution in [0.3, 0.4) is 0 Å². The molecule has 178 valence electrons.